The number of fused-ring (bicyclic) bond motifs is 1. The minimum Gasteiger partial charge on any atom is -0.328 e. The van der Waals surface area contributed by atoms with E-state index in [-0.39, 0.29) is 5.91 Å². The van der Waals surface area contributed by atoms with Gasteiger partial charge in [-0.05, 0) is 43.5 Å². The van der Waals surface area contributed by atoms with Crippen molar-refractivity contribution in [3.8, 4) is 0 Å². The molecule has 35 heavy (non-hydrogen) atoms. The molecule has 1 aliphatic rings. The van der Waals surface area contributed by atoms with Crippen LogP contribution in [0.4, 0.5) is 11.6 Å². The molecule has 1 amide bonds. The van der Waals surface area contributed by atoms with Gasteiger partial charge < -0.3 is 10.6 Å². The van der Waals surface area contributed by atoms with Crippen LogP contribution in [-0.4, -0.2) is 20.7 Å². The molecule has 0 spiro atoms. The van der Waals surface area contributed by atoms with Crippen LogP contribution >= 0.6 is 11.8 Å². The van der Waals surface area contributed by atoms with Gasteiger partial charge in [0.1, 0.15) is 6.04 Å². The molecule has 1 aliphatic heterocycles. The number of allylic oxidation sites excluding steroid dienone is 1. The monoisotopic (exact) mass is 481 g/mol. The average molecular weight is 482 g/mol. The number of carbonyl (C=O) groups is 1. The molecular weight excluding hydrogens is 454 g/mol. The maximum Gasteiger partial charge on any atom is 0.255 e. The number of hydrogen-bond donors (Lipinski definition) is 2. The van der Waals surface area contributed by atoms with Crippen molar-refractivity contribution in [3.63, 3.8) is 0 Å². The SMILES string of the molecule is CC1=C(C(=O)Nc2ccc(C)cc2C)[C@H](c2ccccc2)n2nc(SCc3ccccc3)nc2N1. The van der Waals surface area contributed by atoms with Crippen LogP contribution in [0.1, 0.15) is 35.2 Å². The largest absolute Gasteiger partial charge is 0.328 e. The Morgan fingerprint density at radius 1 is 1.00 bits per heavy atom. The summed E-state index contributed by atoms with van der Waals surface area (Å²) in [6.45, 7) is 5.96. The van der Waals surface area contributed by atoms with E-state index in [0.717, 1.165) is 33.8 Å². The first-order chi connectivity index (χ1) is 17.0. The van der Waals surface area contributed by atoms with E-state index in [4.69, 9.17) is 10.1 Å². The van der Waals surface area contributed by atoms with Crippen molar-refractivity contribution in [1.82, 2.24) is 14.8 Å². The Balaban J connectivity index is 1.48. The lowest BCUT2D eigenvalue weighted by Crippen LogP contribution is -2.31. The molecule has 4 aromatic rings. The molecule has 2 N–H and O–H groups in total. The van der Waals surface area contributed by atoms with Crippen LogP contribution in [0.15, 0.2) is 95.3 Å². The first-order valence-electron chi connectivity index (χ1n) is 11.5. The summed E-state index contributed by atoms with van der Waals surface area (Å²) >= 11 is 1.58. The van der Waals surface area contributed by atoms with Crippen LogP contribution in [0.25, 0.3) is 0 Å². The highest BCUT2D eigenvalue weighted by atomic mass is 32.2. The van der Waals surface area contributed by atoms with Crippen molar-refractivity contribution in [1.29, 1.82) is 0 Å². The minimum absolute atomic E-state index is 0.157. The van der Waals surface area contributed by atoms with Crippen LogP contribution in [-0.2, 0) is 10.5 Å². The number of hydrogen-bond acceptors (Lipinski definition) is 5. The zero-order chi connectivity index (χ0) is 24.4. The number of aromatic nitrogens is 3. The molecule has 0 saturated carbocycles. The predicted octanol–water partition coefficient (Wildman–Crippen LogP) is 6.11. The Morgan fingerprint density at radius 2 is 1.71 bits per heavy atom. The maximum absolute atomic E-state index is 13.7. The number of thioether (sulfide) groups is 1. The van der Waals surface area contributed by atoms with Crippen LogP contribution in [0.3, 0.4) is 0 Å². The average Bonchev–Trinajstić information content (AvgIpc) is 3.27. The second kappa shape index (κ2) is 9.80. The summed E-state index contributed by atoms with van der Waals surface area (Å²) in [5, 5.41) is 11.9. The van der Waals surface area contributed by atoms with E-state index < -0.39 is 6.04 Å². The lowest BCUT2D eigenvalue weighted by molar-refractivity contribution is -0.113. The highest BCUT2D eigenvalue weighted by molar-refractivity contribution is 7.98. The van der Waals surface area contributed by atoms with Crippen LogP contribution in [0.2, 0.25) is 0 Å². The van der Waals surface area contributed by atoms with Gasteiger partial charge >= 0.3 is 0 Å². The van der Waals surface area contributed by atoms with Gasteiger partial charge in [0.25, 0.3) is 5.91 Å². The molecule has 1 aromatic heterocycles. The molecule has 3 aromatic carbocycles. The molecule has 5 rings (SSSR count). The fourth-order valence-corrected chi connectivity index (χ4v) is 5.08. The first kappa shape index (κ1) is 22.9. The van der Waals surface area contributed by atoms with Crippen molar-refractivity contribution >= 4 is 29.3 Å². The predicted molar refractivity (Wildman–Crippen MR) is 141 cm³/mol. The summed E-state index contributed by atoms with van der Waals surface area (Å²) in [6, 6.07) is 25.9. The first-order valence-corrected chi connectivity index (χ1v) is 12.5. The van der Waals surface area contributed by atoms with E-state index in [1.165, 1.54) is 5.56 Å². The minimum atomic E-state index is -0.392. The summed E-state index contributed by atoms with van der Waals surface area (Å²) in [5.41, 5.74) is 6.55. The van der Waals surface area contributed by atoms with Gasteiger partial charge in [-0.25, -0.2) is 4.68 Å². The zero-order valence-corrected chi connectivity index (χ0v) is 20.8. The Bertz CT molecular complexity index is 1400. The molecule has 0 saturated heterocycles. The number of anilines is 2. The summed E-state index contributed by atoms with van der Waals surface area (Å²) in [7, 11) is 0. The number of nitrogens with zero attached hydrogens (tertiary/aromatic N) is 3. The highest BCUT2D eigenvalue weighted by Crippen LogP contribution is 2.37. The number of benzene rings is 3. The maximum atomic E-state index is 13.7. The molecule has 2 heterocycles. The molecule has 6 nitrogen and oxygen atoms in total. The molecular formula is C28H27N5OS. The molecule has 1 atom stereocenters. The Kier molecular flexibility index (Phi) is 6.42. The molecule has 0 aliphatic carbocycles. The lowest BCUT2D eigenvalue weighted by Gasteiger charge is -2.28. The van der Waals surface area contributed by atoms with E-state index in [0.29, 0.717) is 16.7 Å². The van der Waals surface area contributed by atoms with Crippen molar-refractivity contribution in [2.24, 2.45) is 0 Å². The third-order valence-corrected chi connectivity index (χ3v) is 6.94. The molecule has 7 heteroatoms. The van der Waals surface area contributed by atoms with Crippen LogP contribution in [0, 0.1) is 13.8 Å². The van der Waals surface area contributed by atoms with Gasteiger partial charge in [-0.2, -0.15) is 4.98 Å². The normalized spacial score (nSPS) is 14.9. The Morgan fingerprint density at radius 3 is 2.43 bits per heavy atom. The van der Waals surface area contributed by atoms with Crippen molar-refractivity contribution in [3.05, 3.63) is 112 Å². The molecule has 0 fully saturated rings. The number of amides is 1. The smallest absolute Gasteiger partial charge is 0.255 e. The summed E-state index contributed by atoms with van der Waals surface area (Å²) in [4.78, 5) is 18.4. The van der Waals surface area contributed by atoms with E-state index in [1.54, 1.807) is 11.8 Å². The molecule has 176 valence electrons. The van der Waals surface area contributed by atoms with Crippen molar-refractivity contribution in [2.45, 2.75) is 37.7 Å². The highest BCUT2D eigenvalue weighted by Gasteiger charge is 2.34. The van der Waals surface area contributed by atoms with Crippen LogP contribution < -0.4 is 10.6 Å². The fourth-order valence-electron chi connectivity index (χ4n) is 4.30. The van der Waals surface area contributed by atoms with E-state index in [2.05, 4.69) is 28.8 Å². The van der Waals surface area contributed by atoms with Gasteiger partial charge in [0.15, 0.2) is 0 Å². The van der Waals surface area contributed by atoms with Gasteiger partial charge in [-0.3, -0.25) is 4.79 Å². The standard InChI is InChI=1S/C28H27N5OS/c1-18-14-15-23(19(2)16-18)30-26(34)24-20(3)29-27-31-28(35-17-21-10-6-4-7-11-21)32-33(27)25(24)22-12-8-5-9-13-22/h4-16,25H,17H2,1-3H3,(H,30,34)(H,29,31,32)/t25-/m0/s1. The van der Waals surface area contributed by atoms with Crippen LogP contribution in [0.5, 0.6) is 0 Å². The lowest BCUT2D eigenvalue weighted by atomic mass is 9.95. The number of nitrogens with one attached hydrogen (secondary N) is 2. The van der Waals surface area contributed by atoms with Gasteiger partial charge in [0.05, 0.1) is 5.57 Å². The van der Waals surface area contributed by atoms with Gasteiger partial charge in [-0.1, -0.05) is 90.1 Å². The van der Waals surface area contributed by atoms with E-state index in [9.17, 15) is 4.79 Å². The number of carbonyl (C=O) groups excluding carboxylic acids is 1. The number of aryl methyl sites for hydroxylation is 2. The topological polar surface area (TPSA) is 71.8 Å². The second-order valence-electron chi connectivity index (χ2n) is 8.69. The van der Waals surface area contributed by atoms with E-state index in [1.807, 2.05) is 86.1 Å². The zero-order valence-electron chi connectivity index (χ0n) is 19.9. The van der Waals surface area contributed by atoms with Gasteiger partial charge in [0, 0.05) is 17.1 Å². The van der Waals surface area contributed by atoms with Crippen molar-refractivity contribution in [2.75, 3.05) is 10.6 Å². The second-order valence-corrected chi connectivity index (χ2v) is 9.63. The third-order valence-electron chi connectivity index (χ3n) is 6.03. The summed E-state index contributed by atoms with van der Waals surface area (Å²) < 4.78 is 1.83. The van der Waals surface area contributed by atoms with Gasteiger partial charge in [-0.15, -0.1) is 5.10 Å². The summed E-state index contributed by atoms with van der Waals surface area (Å²) in [5.74, 6) is 1.25. The van der Waals surface area contributed by atoms with Crippen molar-refractivity contribution < 1.29 is 4.79 Å². The quantitative estimate of drug-likeness (QED) is 0.325. The molecule has 0 unspecified atom stereocenters. The third kappa shape index (κ3) is 4.86. The summed E-state index contributed by atoms with van der Waals surface area (Å²) in [6.07, 6.45) is 0. The van der Waals surface area contributed by atoms with E-state index >= 15 is 0 Å². The fraction of sp³-hybridized carbons (Fsp3) is 0.179. The van der Waals surface area contributed by atoms with Gasteiger partial charge in [0.2, 0.25) is 11.1 Å². The molecule has 0 radical (unpaired) electrons. The number of rotatable bonds is 6. The molecule has 0 bridgehead atoms. The Hall–Kier alpha value is -3.84. The Labute approximate surface area is 209 Å².